The van der Waals surface area contributed by atoms with Crippen molar-refractivity contribution in [3.8, 4) is 0 Å². The number of aryl methyl sites for hydroxylation is 1. The lowest BCUT2D eigenvalue weighted by Crippen LogP contribution is -2.38. The fraction of sp³-hybridized carbons (Fsp3) is 0.263. The number of ether oxygens (including phenoxy) is 1. The summed E-state index contributed by atoms with van der Waals surface area (Å²) in [5, 5.41) is 5.00. The molecule has 0 fully saturated rings. The minimum absolute atomic E-state index is 0.128. The molecule has 0 aliphatic carbocycles. The molecule has 2 aromatic carbocycles. The summed E-state index contributed by atoms with van der Waals surface area (Å²) in [6.45, 7) is 1.97. The van der Waals surface area contributed by atoms with Crippen LogP contribution >= 0.6 is 0 Å². The number of amides is 2. The van der Waals surface area contributed by atoms with Gasteiger partial charge in [0.05, 0.1) is 18.0 Å². The molecule has 0 heterocycles. The molecule has 10 heteroatoms. The number of hydrogen-bond donors (Lipinski definition) is 3. The summed E-state index contributed by atoms with van der Waals surface area (Å²) in [4.78, 5) is 23.6. The minimum atomic E-state index is -4.03. The van der Waals surface area contributed by atoms with Crippen molar-refractivity contribution in [2.75, 3.05) is 31.5 Å². The minimum Gasteiger partial charge on any atom is -0.383 e. The van der Waals surface area contributed by atoms with E-state index in [0.717, 1.165) is 6.07 Å². The second kappa shape index (κ2) is 9.99. The van der Waals surface area contributed by atoms with E-state index < -0.39 is 21.7 Å². The first-order valence-electron chi connectivity index (χ1n) is 8.66. The summed E-state index contributed by atoms with van der Waals surface area (Å²) in [6, 6.07) is 9.32. The fourth-order valence-corrected chi connectivity index (χ4v) is 3.36. The van der Waals surface area contributed by atoms with Gasteiger partial charge in [0.2, 0.25) is 5.91 Å². The van der Waals surface area contributed by atoms with E-state index in [-0.39, 0.29) is 28.6 Å². The number of sulfonamides is 1. The van der Waals surface area contributed by atoms with Gasteiger partial charge >= 0.3 is 0 Å². The number of methoxy groups -OCH3 is 1. The molecule has 0 saturated heterocycles. The smallest absolute Gasteiger partial charge is 0.261 e. The molecular weight excluding hydrogens is 401 g/mol. The Labute approximate surface area is 168 Å². The van der Waals surface area contributed by atoms with E-state index >= 15 is 0 Å². The lowest BCUT2D eigenvalue weighted by molar-refractivity contribution is -0.120. The summed E-state index contributed by atoms with van der Waals surface area (Å²) in [6.07, 6.45) is 0. The average Bonchev–Trinajstić information content (AvgIpc) is 2.68. The first-order valence-corrected chi connectivity index (χ1v) is 10.1. The lowest BCUT2D eigenvalue weighted by atomic mass is 10.2. The Bertz CT molecular complexity index is 995. The zero-order chi connectivity index (χ0) is 21.4. The molecule has 0 unspecified atom stereocenters. The van der Waals surface area contributed by atoms with Crippen LogP contribution in [0, 0.1) is 12.7 Å². The maximum atomic E-state index is 13.7. The summed E-state index contributed by atoms with van der Waals surface area (Å²) in [5.41, 5.74) is 0.613. The van der Waals surface area contributed by atoms with E-state index in [1.807, 2.05) is 0 Å². The van der Waals surface area contributed by atoms with Gasteiger partial charge in [-0.1, -0.05) is 12.1 Å². The molecule has 0 atom stereocenters. The molecule has 156 valence electrons. The molecule has 0 aromatic heterocycles. The van der Waals surface area contributed by atoms with Gasteiger partial charge in [0.1, 0.15) is 5.82 Å². The van der Waals surface area contributed by atoms with Crippen molar-refractivity contribution in [3.05, 3.63) is 59.4 Å². The number of carbonyl (C=O) groups excluding carboxylic acids is 2. The molecule has 2 aromatic rings. The maximum Gasteiger partial charge on any atom is 0.261 e. The van der Waals surface area contributed by atoms with E-state index in [9.17, 15) is 22.4 Å². The van der Waals surface area contributed by atoms with Crippen LogP contribution in [0.2, 0.25) is 0 Å². The third kappa shape index (κ3) is 6.54. The van der Waals surface area contributed by atoms with Gasteiger partial charge in [0.15, 0.2) is 0 Å². The zero-order valence-corrected chi connectivity index (χ0v) is 16.8. The standard InChI is InChI=1S/C19H22FN3O5S/c1-13-6-7-16(11-17(13)20)29(26,27)23-15-5-3-4-14(10-15)19(25)22-12-18(24)21-8-9-28-2/h3-7,10-11,23H,8-9,12H2,1-2H3,(H,21,24)(H,22,25). The van der Waals surface area contributed by atoms with Crippen LogP contribution in [0.25, 0.3) is 0 Å². The van der Waals surface area contributed by atoms with Crippen molar-refractivity contribution in [1.29, 1.82) is 0 Å². The lowest BCUT2D eigenvalue weighted by Gasteiger charge is -2.11. The normalized spacial score (nSPS) is 11.0. The van der Waals surface area contributed by atoms with Gasteiger partial charge in [-0.15, -0.1) is 0 Å². The first-order chi connectivity index (χ1) is 13.7. The number of hydrogen-bond acceptors (Lipinski definition) is 5. The van der Waals surface area contributed by atoms with Gasteiger partial charge in [-0.3, -0.25) is 14.3 Å². The quantitative estimate of drug-likeness (QED) is 0.528. The number of rotatable bonds is 9. The van der Waals surface area contributed by atoms with E-state index in [0.29, 0.717) is 18.7 Å². The summed E-state index contributed by atoms with van der Waals surface area (Å²) in [5.74, 6) is -1.56. The van der Waals surface area contributed by atoms with Crippen LogP contribution in [0.3, 0.4) is 0 Å². The molecule has 0 aliphatic rings. The van der Waals surface area contributed by atoms with Gasteiger partial charge < -0.3 is 15.4 Å². The van der Waals surface area contributed by atoms with Crippen molar-refractivity contribution in [2.24, 2.45) is 0 Å². The summed E-state index contributed by atoms with van der Waals surface area (Å²) >= 11 is 0. The predicted molar refractivity (Wildman–Crippen MR) is 106 cm³/mol. The van der Waals surface area contributed by atoms with Crippen LogP contribution in [0.4, 0.5) is 10.1 Å². The molecule has 0 spiro atoms. The average molecular weight is 423 g/mol. The van der Waals surface area contributed by atoms with E-state index in [1.165, 1.54) is 50.4 Å². The number of anilines is 1. The van der Waals surface area contributed by atoms with Crippen molar-refractivity contribution >= 4 is 27.5 Å². The number of benzene rings is 2. The molecule has 0 bridgehead atoms. The molecule has 3 N–H and O–H groups in total. The van der Waals surface area contributed by atoms with E-state index in [4.69, 9.17) is 4.74 Å². The SMILES string of the molecule is COCCNC(=O)CNC(=O)c1cccc(NS(=O)(=O)c2ccc(C)c(F)c2)c1. The van der Waals surface area contributed by atoms with Gasteiger partial charge in [-0.25, -0.2) is 12.8 Å². The highest BCUT2D eigenvalue weighted by atomic mass is 32.2. The van der Waals surface area contributed by atoms with E-state index in [1.54, 1.807) is 0 Å². The van der Waals surface area contributed by atoms with E-state index in [2.05, 4.69) is 15.4 Å². The fourth-order valence-electron chi connectivity index (χ4n) is 2.30. The Morgan fingerprint density at radius 3 is 2.55 bits per heavy atom. The Kier molecular flexibility index (Phi) is 7.68. The molecule has 29 heavy (non-hydrogen) atoms. The third-order valence-corrected chi connectivity index (χ3v) is 5.25. The van der Waals surface area contributed by atoms with Gasteiger partial charge in [0, 0.05) is 24.9 Å². The number of carbonyl (C=O) groups is 2. The predicted octanol–water partition coefficient (Wildman–Crippen LogP) is 1.43. The third-order valence-electron chi connectivity index (χ3n) is 3.87. The maximum absolute atomic E-state index is 13.7. The van der Waals surface area contributed by atoms with Crippen LogP contribution < -0.4 is 15.4 Å². The van der Waals surface area contributed by atoms with Crippen molar-refractivity contribution < 1.29 is 27.1 Å². The number of nitrogens with one attached hydrogen (secondary N) is 3. The molecular formula is C19H22FN3O5S. The number of halogens is 1. The monoisotopic (exact) mass is 423 g/mol. The largest absolute Gasteiger partial charge is 0.383 e. The highest BCUT2D eigenvalue weighted by molar-refractivity contribution is 7.92. The van der Waals surface area contributed by atoms with Gasteiger partial charge in [0.25, 0.3) is 15.9 Å². The molecule has 2 amide bonds. The summed E-state index contributed by atoms with van der Waals surface area (Å²) in [7, 11) is -2.53. The van der Waals surface area contributed by atoms with Crippen molar-refractivity contribution in [1.82, 2.24) is 10.6 Å². The van der Waals surface area contributed by atoms with Crippen LogP contribution in [0.5, 0.6) is 0 Å². The van der Waals surface area contributed by atoms with Crippen molar-refractivity contribution in [3.63, 3.8) is 0 Å². The summed E-state index contributed by atoms with van der Waals surface area (Å²) < 4.78 is 45.7. The second-order valence-corrected chi connectivity index (χ2v) is 7.81. The van der Waals surface area contributed by atoms with Crippen LogP contribution in [0.1, 0.15) is 15.9 Å². The van der Waals surface area contributed by atoms with Crippen LogP contribution in [-0.2, 0) is 19.6 Å². The van der Waals surface area contributed by atoms with Crippen LogP contribution in [-0.4, -0.2) is 47.0 Å². The Balaban J connectivity index is 2.04. The van der Waals surface area contributed by atoms with Gasteiger partial charge in [-0.05, 0) is 42.8 Å². The highest BCUT2D eigenvalue weighted by Gasteiger charge is 2.17. The first kappa shape index (κ1) is 22.3. The highest BCUT2D eigenvalue weighted by Crippen LogP contribution is 2.19. The molecule has 2 rings (SSSR count). The molecule has 0 aliphatic heterocycles. The Morgan fingerprint density at radius 2 is 1.86 bits per heavy atom. The Morgan fingerprint density at radius 1 is 1.10 bits per heavy atom. The molecule has 0 radical (unpaired) electrons. The zero-order valence-electron chi connectivity index (χ0n) is 16.0. The topological polar surface area (TPSA) is 114 Å². The van der Waals surface area contributed by atoms with Gasteiger partial charge in [-0.2, -0.15) is 0 Å². The van der Waals surface area contributed by atoms with Crippen LogP contribution in [0.15, 0.2) is 47.4 Å². The second-order valence-electron chi connectivity index (χ2n) is 6.12. The molecule has 8 nitrogen and oxygen atoms in total. The Hall–Kier alpha value is -2.98. The van der Waals surface area contributed by atoms with Crippen molar-refractivity contribution in [2.45, 2.75) is 11.8 Å². The molecule has 0 saturated carbocycles.